The third-order valence-corrected chi connectivity index (χ3v) is 2.82. The molecule has 0 heterocycles. The Morgan fingerprint density at radius 2 is 2.29 bits per heavy atom. The van der Waals surface area contributed by atoms with Gasteiger partial charge in [-0.2, -0.15) is 0 Å². The van der Waals surface area contributed by atoms with Crippen molar-refractivity contribution in [1.29, 1.82) is 0 Å². The number of aliphatic hydroxyl groups excluding tert-OH is 1. The molecule has 1 aliphatic carbocycles. The van der Waals surface area contributed by atoms with Crippen LogP contribution < -0.4 is 5.73 Å². The van der Waals surface area contributed by atoms with Gasteiger partial charge in [0.15, 0.2) is 0 Å². The smallest absolute Gasteiger partial charge is 0.123 e. The Hall–Kier alpha value is -0.930. The van der Waals surface area contributed by atoms with Crippen LogP contribution >= 0.6 is 0 Å². The van der Waals surface area contributed by atoms with Gasteiger partial charge in [-0.15, -0.1) is 0 Å². The van der Waals surface area contributed by atoms with E-state index in [-0.39, 0.29) is 18.5 Å². The minimum atomic E-state index is -0.276. The summed E-state index contributed by atoms with van der Waals surface area (Å²) in [4.78, 5) is 0. The van der Waals surface area contributed by atoms with Gasteiger partial charge < -0.3 is 10.8 Å². The van der Waals surface area contributed by atoms with Gasteiger partial charge in [-0.3, -0.25) is 0 Å². The fraction of sp³-hybridized carbons (Fsp3) is 0.455. The van der Waals surface area contributed by atoms with Crippen molar-refractivity contribution >= 4 is 0 Å². The molecule has 0 saturated heterocycles. The molecule has 1 aromatic rings. The molecule has 2 nitrogen and oxygen atoms in total. The monoisotopic (exact) mass is 195 g/mol. The molecule has 0 aliphatic heterocycles. The SMILES string of the molecule is N[C@@H]1CCCc2cc(F)cc(CO)c21. The molecule has 14 heavy (non-hydrogen) atoms. The van der Waals surface area contributed by atoms with Crippen LogP contribution in [0, 0.1) is 5.82 Å². The Balaban J connectivity index is 2.55. The van der Waals surface area contributed by atoms with Gasteiger partial charge in [0.1, 0.15) is 5.82 Å². The Labute approximate surface area is 82.5 Å². The zero-order chi connectivity index (χ0) is 10.1. The molecule has 0 spiro atoms. The van der Waals surface area contributed by atoms with Crippen molar-refractivity contribution in [2.24, 2.45) is 5.73 Å². The van der Waals surface area contributed by atoms with Gasteiger partial charge in [0, 0.05) is 6.04 Å². The lowest BCUT2D eigenvalue weighted by Gasteiger charge is -2.24. The highest BCUT2D eigenvalue weighted by Crippen LogP contribution is 2.31. The van der Waals surface area contributed by atoms with Gasteiger partial charge in [0.05, 0.1) is 6.61 Å². The molecule has 1 aromatic carbocycles. The fourth-order valence-corrected chi connectivity index (χ4v) is 2.21. The van der Waals surface area contributed by atoms with Crippen molar-refractivity contribution in [2.75, 3.05) is 0 Å². The number of aliphatic hydroxyl groups is 1. The van der Waals surface area contributed by atoms with Crippen molar-refractivity contribution < 1.29 is 9.50 Å². The van der Waals surface area contributed by atoms with Crippen LogP contribution in [0.1, 0.15) is 35.6 Å². The first-order chi connectivity index (χ1) is 6.72. The molecule has 2 rings (SSSR count). The van der Waals surface area contributed by atoms with Gasteiger partial charge in [0.25, 0.3) is 0 Å². The second-order valence-electron chi connectivity index (χ2n) is 3.79. The van der Waals surface area contributed by atoms with Crippen molar-refractivity contribution in [3.05, 3.63) is 34.6 Å². The van der Waals surface area contributed by atoms with Crippen LogP contribution in [0.4, 0.5) is 4.39 Å². The average Bonchev–Trinajstić information content (AvgIpc) is 2.16. The molecule has 1 atom stereocenters. The minimum absolute atomic E-state index is 0.0403. The summed E-state index contributed by atoms with van der Waals surface area (Å²) < 4.78 is 13.1. The van der Waals surface area contributed by atoms with E-state index in [4.69, 9.17) is 10.8 Å². The topological polar surface area (TPSA) is 46.2 Å². The van der Waals surface area contributed by atoms with Crippen molar-refractivity contribution in [3.63, 3.8) is 0 Å². The molecule has 3 N–H and O–H groups in total. The number of fused-ring (bicyclic) bond motifs is 1. The second kappa shape index (κ2) is 3.67. The van der Waals surface area contributed by atoms with Crippen LogP contribution in [-0.2, 0) is 13.0 Å². The van der Waals surface area contributed by atoms with Gasteiger partial charge in [-0.05, 0) is 48.1 Å². The summed E-state index contributed by atoms with van der Waals surface area (Å²) in [5.41, 5.74) is 8.51. The zero-order valence-corrected chi connectivity index (χ0v) is 7.96. The lowest BCUT2D eigenvalue weighted by Crippen LogP contribution is -2.20. The maximum Gasteiger partial charge on any atom is 0.123 e. The number of aryl methyl sites for hydroxylation is 1. The van der Waals surface area contributed by atoms with Gasteiger partial charge in [-0.25, -0.2) is 4.39 Å². The molecular weight excluding hydrogens is 181 g/mol. The number of halogens is 1. The Morgan fingerprint density at radius 3 is 3.00 bits per heavy atom. The summed E-state index contributed by atoms with van der Waals surface area (Å²) in [6.07, 6.45) is 2.79. The Kier molecular flexibility index (Phi) is 2.52. The van der Waals surface area contributed by atoms with E-state index in [0.29, 0.717) is 5.56 Å². The highest BCUT2D eigenvalue weighted by atomic mass is 19.1. The van der Waals surface area contributed by atoms with E-state index in [1.165, 1.54) is 12.1 Å². The van der Waals surface area contributed by atoms with E-state index < -0.39 is 0 Å². The largest absolute Gasteiger partial charge is 0.392 e. The molecule has 0 radical (unpaired) electrons. The summed E-state index contributed by atoms with van der Waals surface area (Å²) in [6.45, 7) is -0.131. The summed E-state index contributed by atoms with van der Waals surface area (Å²) in [6, 6.07) is 2.87. The predicted octanol–water partition coefficient (Wildman–Crippen LogP) is 1.65. The number of benzene rings is 1. The molecule has 76 valence electrons. The first-order valence-corrected chi connectivity index (χ1v) is 4.90. The standard InChI is InChI=1S/C11H14FNO/c12-9-4-7-2-1-3-10(13)11(7)8(5-9)6-14/h4-5,10,14H,1-3,6,13H2/t10-/m1/s1. The van der Waals surface area contributed by atoms with E-state index >= 15 is 0 Å². The Bertz CT molecular complexity index is 334. The molecular formula is C11H14FNO. The van der Waals surface area contributed by atoms with Gasteiger partial charge in [0.2, 0.25) is 0 Å². The third-order valence-electron chi connectivity index (χ3n) is 2.82. The van der Waals surface area contributed by atoms with Crippen LogP contribution in [-0.4, -0.2) is 5.11 Å². The minimum Gasteiger partial charge on any atom is -0.392 e. The van der Waals surface area contributed by atoms with Gasteiger partial charge >= 0.3 is 0 Å². The van der Waals surface area contributed by atoms with Crippen LogP contribution in [0.25, 0.3) is 0 Å². The maximum absolute atomic E-state index is 13.1. The Morgan fingerprint density at radius 1 is 1.50 bits per heavy atom. The van der Waals surface area contributed by atoms with Crippen molar-refractivity contribution in [3.8, 4) is 0 Å². The van der Waals surface area contributed by atoms with E-state index in [0.717, 1.165) is 30.4 Å². The molecule has 0 bridgehead atoms. The summed E-state index contributed by atoms with van der Waals surface area (Å²) in [7, 11) is 0. The van der Waals surface area contributed by atoms with E-state index in [1.54, 1.807) is 0 Å². The average molecular weight is 195 g/mol. The van der Waals surface area contributed by atoms with E-state index in [9.17, 15) is 4.39 Å². The quantitative estimate of drug-likeness (QED) is 0.715. The van der Waals surface area contributed by atoms with E-state index in [2.05, 4.69) is 0 Å². The normalized spacial score (nSPS) is 20.6. The van der Waals surface area contributed by atoms with Crippen LogP contribution in [0.2, 0.25) is 0 Å². The number of hydrogen-bond donors (Lipinski definition) is 2. The predicted molar refractivity (Wildman–Crippen MR) is 52.2 cm³/mol. The fourth-order valence-electron chi connectivity index (χ4n) is 2.21. The molecule has 0 unspecified atom stereocenters. The second-order valence-corrected chi connectivity index (χ2v) is 3.79. The van der Waals surface area contributed by atoms with Crippen LogP contribution in [0.5, 0.6) is 0 Å². The number of rotatable bonds is 1. The molecule has 0 saturated carbocycles. The lowest BCUT2D eigenvalue weighted by molar-refractivity contribution is 0.278. The summed E-state index contributed by atoms with van der Waals surface area (Å²) in [5.74, 6) is -0.276. The summed E-state index contributed by atoms with van der Waals surface area (Å²) in [5, 5.41) is 9.11. The molecule has 3 heteroatoms. The zero-order valence-electron chi connectivity index (χ0n) is 7.96. The highest BCUT2D eigenvalue weighted by Gasteiger charge is 2.20. The molecule has 0 aromatic heterocycles. The highest BCUT2D eigenvalue weighted by molar-refractivity contribution is 5.39. The van der Waals surface area contributed by atoms with Crippen molar-refractivity contribution in [1.82, 2.24) is 0 Å². The molecule has 0 amide bonds. The van der Waals surface area contributed by atoms with E-state index in [1.807, 2.05) is 0 Å². The molecule has 1 aliphatic rings. The summed E-state index contributed by atoms with van der Waals surface area (Å²) >= 11 is 0. The first kappa shape index (κ1) is 9.62. The number of nitrogens with two attached hydrogens (primary N) is 1. The first-order valence-electron chi connectivity index (χ1n) is 4.90. The number of hydrogen-bond acceptors (Lipinski definition) is 2. The molecule has 0 fully saturated rings. The lowest BCUT2D eigenvalue weighted by atomic mass is 9.85. The van der Waals surface area contributed by atoms with Crippen molar-refractivity contribution in [2.45, 2.75) is 31.9 Å². The third kappa shape index (κ3) is 1.53. The van der Waals surface area contributed by atoms with Gasteiger partial charge in [-0.1, -0.05) is 0 Å². The maximum atomic E-state index is 13.1. The van der Waals surface area contributed by atoms with Crippen LogP contribution in [0.3, 0.4) is 0 Å². The van der Waals surface area contributed by atoms with Crippen LogP contribution in [0.15, 0.2) is 12.1 Å².